The van der Waals surface area contributed by atoms with Crippen molar-refractivity contribution in [1.29, 1.82) is 0 Å². The van der Waals surface area contributed by atoms with Gasteiger partial charge in [0.1, 0.15) is 11.2 Å². The molecule has 0 fully saturated rings. The Balaban J connectivity index is 1.05. The molecule has 0 bridgehead atoms. The lowest BCUT2D eigenvalue weighted by Gasteiger charge is -2.12. The fraction of sp³-hybridized carbons (Fsp3) is 0. The van der Waals surface area contributed by atoms with Gasteiger partial charge in [-0.3, -0.25) is 0 Å². The fourth-order valence-corrected chi connectivity index (χ4v) is 8.05. The lowest BCUT2D eigenvalue weighted by atomic mass is 9.93. The van der Waals surface area contributed by atoms with Crippen LogP contribution in [-0.4, -0.2) is 19.5 Å². The summed E-state index contributed by atoms with van der Waals surface area (Å²) in [5, 5.41) is 4.56. The molecule has 5 heteroatoms. The Hall–Kier alpha value is -7.63. The van der Waals surface area contributed by atoms with Crippen LogP contribution in [0.1, 0.15) is 0 Å². The molecule has 5 nitrogen and oxygen atoms in total. The molecule has 0 saturated carbocycles. The van der Waals surface area contributed by atoms with Gasteiger partial charge in [-0.05, 0) is 53.1 Å². The first kappa shape index (κ1) is 31.9. The minimum absolute atomic E-state index is 0.592. The summed E-state index contributed by atoms with van der Waals surface area (Å²) in [5.41, 5.74) is 12.3. The van der Waals surface area contributed by atoms with Crippen LogP contribution in [0.15, 0.2) is 199 Å². The molecule has 0 aliphatic rings. The van der Waals surface area contributed by atoms with Crippen LogP contribution >= 0.6 is 0 Å². The lowest BCUT2D eigenvalue weighted by molar-refractivity contribution is 0.670. The van der Waals surface area contributed by atoms with Gasteiger partial charge in [0.25, 0.3) is 0 Å². The van der Waals surface area contributed by atoms with Crippen LogP contribution in [0.2, 0.25) is 0 Å². The predicted octanol–water partition coefficient (Wildman–Crippen LogP) is 13.2. The SMILES string of the molecule is c1ccc(-c2nc(-c3ccccc3)nc(-c3ccc4c(c3)oc3c(-c5ccccc5-c5ccc6c7ccccc7n(-c7ccccc7)c6c5)cccc34)n2)cc1. The second-order valence-electron chi connectivity index (χ2n) is 14.0. The number of hydrogen-bond donors (Lipinski definition) is 0. The first-order valence-electron chi connectivity index (χ1n) is 18.8. The van der Waals surface area contributed by atoms with E-state index in [9.17, 15) is 0 Å². The molecule has 3 heterocycles. The molecule has 0 saturated heterocycles. The van der Waals surface area contributed by atoms with Gasteiger partial charge in [0.15, 0.2) is 17.5 Å². The van der Waals surface area contributed by atoms with Crippen molar-refractivity contribution in [3.8, 4) is 62.1 Å². The number of benzene rings is 8. The molecule has 0 spiro atoms. The third-order valence-corrected chi connectivity index (χ3v) is 10.7. The zero-order chi connectivity index (χ0) is 37.0. The summed E-state index contributed by atoms with van der Waals surface area (Å²) in [7, 11) is 0. The minimum atomic E-state index is 0.592. The normalized spacial score (nSPS) is 11.6. The highest BCUT2D eigenvalue weighted by molar-refractivity contribution is 6.13. The van der Waals surface area contributed by atoms with Crippen molar-refractivity contribution in [2.45, 2.75) is 0 Å². The summed E-state index contributed by atoms with van der Waals surface area (Å²) >= 11 is 0. The van der Waals surface area contributed by atoms with Gasteiger partial charge in [0.05, 0.1) is 11.0 Å². The predicted molar refractivity (Wildman–Crippen MR) is 229 cm³/mol. The summed E-state index contributed by atoms with van der Waals surface area (Å²) in [4.78, 5) is 14.8. The molecule has 0 aliphatic carbocycles. The highest BCUT2D eigenvalue weighted by atomic mass is 16.3. The highest BCUT2D eigenvalue weighted by Gasteiger charge is 2.19. The molecule has 0 amide bonds. The molecule has 11 rings (SSSR count). The first-order valence-corrected chi connectivity index (χ1v) is 18.8. The average Bonchev–Trinajstić information content (AvgIpc) is 3.82. The van der Waals surface area contributed by atoms with E-state index in [1.165, 1.54) is 21.8 Å². The summed E-state index contributed by atoms with van der Waals surface area (Å²) in [6.07, 6.45) is 0. The Labute approximate surface area is 322 Å². The molecule has 56 heavy (non-hydrogen) atoms. The van der Waals surface area contributed by atoms with Crippen LogP contribution in [0.4, 0.5) is 0 Å². The largest absolute Gasteiger partial charge is 0.455 e. The van der Waals surface area contributed by atoms with Gasteiger partial charge in [-0.15, -0.1) is 0 Å². The molecule has 262 valence electrons. The number of nitrogens with zero attached hydrogens (tertiary/aromatic N) is 4. The fourth-order valence-electron chi connectivity index (χ4n) is 8.05. The Morgan fingerprint density at radius 3 is 1.61 bits per heavy atom. The summed E-state index contributed by atoms with van der Waals surface area (Å²) in [6.45, 7) is 0. The Morgan fingerprint density at radius 1 is 0.339 bits per heavy atom. The van der Waals surface area contributed by atoms with E-state index in [1.807, 2.05) is 60.7 Å². The summed E-state index contributed by atoms with van der Waals surface area (Å²) in [6, 6.07) is 67.5. The number of fused-ring (bicyclic) bond motifs is 6. The Morgan fingerprint density at radius 2 is 0.875 bits per heavy atom. The minimum Gasteiger partial charge on any atom is -0.455 e. The second-order valence-corrected chi connectivity index (χ2v) is 14.0. The van der Waals surface area contributed by atoms with Crippen molar-refractivity contribution < 1.29 is 4.42 Å². The van der Waals surface area contributed by atoms with E-state index in [0.717, 1.165) is 66.6 Å². The van der Waals surface area contributed by atoms with Crippen LogP contribution in [0.25, 0.3) is 106 Å². The van der Waals surface area contributed by atoms with Crippen molar-refractivity contribution in [2.75, 3.05) is 0 Å². The molecule has 0 N–H and O–H groups in total. The highest BCUT2D eigenvalue weighted by Crippen LogP contribution is 2.42. The average molecular weight is 717 g/mol. The van der Waals surface area contributed by atoms with Crippen molar-refractivity contribution in [3.63, 3.8) is 0 Å². The topological polar surface area (TPSA) is 56.7 Å². The van der Waals surface area contributed by atoms with Gasteiger partial charge >= 0.3 is 0 Å². The third-order valence-electron chi connectivity index (χ3n) is 10.7. The standard InChI is InChI=1S/C51H32N4O/c1-4-15-33(16-5-1)49-52-50(34-17-6-2-7-18-34)54-51(53-49)36-28-30-42-44-25-14-24-43(48(44)56-47(42)32-36)39-22-11-10-21-38(39)35-27-29-41-40-23-12-13-26-45(40)55(46(41)31-35)37-19-8-3-9-20-37/h1-32H. The second kappa shape index (κ2) is 13.0. The van der Waals surface area contributed by atoms with E-state index >= 15 is 0 Å². The van der Waals surface area contributed by atoms with Gasteiger partial charge in [-0.25, -0.2) is 15.0 Å². The molecule has 8 aromatic carbocycles. The molecule has 11 aromatic rings. The molecular formula is C51H32N4O. The molecule has 0 aliphatic heterocycles. The van der Waals surface area contributed by atoms with E-state index in [2.05, 4.69) is 138 Å². The molecule has 0 unspecified atom stereocenters. The maximum atomic E-state index is 6.83. The maximum Gasteiger partial charge on any atom is 0.164 e. The number of furan rings is 1. The molecule has 3 aromatic heterocycles. The van der Waals surface area contributed by atoms with Crippen LogP contribution in [0, 0.1) is 0 Å². The Bertz CT molecular complexity index is 3180. The van der Waals surface area contributed by atoms with E-state index in [0.29, 0.717) is 17.5 Å². The van der Waals surface area contributed by atoms with E-state index in [4.69, 9.17) is 19.4 Å². The number of aromatic nitrogens is 4. The quantitative estimate of drug-likeness (QED) is 0.172. The number of hydrogen-bond acceptors (Lipinski definition) is 4. The van der Waals surface area contributed by atoms with Crippen LogP contribution in [0.5, 0.6) is 0 Å². The van der Waals surface area contributed by atoms with Crippen LogP contribution < -0.4 is 0 Å². The first-order chi connectivity index (χ1) is 27.8. The third kappa shape index (κ3) is 5.29. The molecule has 0 atom stereocenters. The van der Waals surface area contributed by atoms with E-state index in [-0.39, 0.29) is 0 Å². The zero-order valence-corrected chi connectivity index (χ0v) is 30.2. The van der Waals surface area contributed by atoms with Crippen molar-refractivity contribution >= 4 is 43.7 Å². The zero-order valence-electron chi connectivity index (χ0n) is 30.2. The van der Waals surface area contributed by atoms with Gasteiger partial charge < -0.3 is 8.98 Å². The summed E-state index contributed by atoms with van der Waals surface area (Å²) < 4.78 is 9.20. The van der Waals surface area contributed by atoms with E-state index < -0.39 is 0 Å². The maximum absolute atomic E-state index is 6.83. The van der Waals surface area contributed by atoms with Crippen LogP contribution in [-0.2, 0) is 0 Å². The summed E-state index contributed by atoms with van der Waals surface area (Å²) in [5.74, 6) is 1.84. The number of rotatable bonds is 6. The Kier molecular flexibility index (Phi) is 7.42. The van der Waals surface area contributed by atoms with Gasteiger partial charge in [-0.2, -0.15) is 0 Å². The lowest BCUT2D eigenvalue weighted by Crippen LogP contribution is -2.00. The van der Waals surface area contributed by atoms with Crippen molar-refractivity contribution in [3.05, 3.63) is 194 Å². The van der Waals surface area contributed by atoms with Crippen molar-refractivity contribution in [2.24, 2.45) is 0 Å². The van der Waals surface area contributed by atoms with E-state index in [1.54, 1.807) is 0 Å². The van der Waals surface area contributed by atoms with Gasteiger partial charge in [0, 0.05) is 49.5 Å². The number of para-hydroxylation sites is 3. The smallest absolute Gasteiger partial charge is 0.164 e. The van der Waals surface area contributed by atoms with Crippen molar-refractivity contribution in [1.82, 2.24) is 19.5 Å². The molecular weight excluding hydrogens is 685 g/mol. The van der Waals surface area contributed by atoms with Crippen LogP contribution in [0.3, 0.4) is 0 Å². The monoisotopic (exact) mass is 716 g/mol. The van der Waals surface area contributed by atoms with Gasteiger partial charge in [0.2, 0.25) is 0 Å². The molecule has 0 radical (unpaired) electrons. The van der Waals surface area contributed by atoms with Gasteiger partial charge in [-0.1, -0.05) is 158 Å².